The summed E-state index contributed by atoms with van der Waals surface area (Å²) in [6.07, 6.45) is 3.17. The lowest BCUT2D eigenvalue weighted by atomic mass is 10.2. The Morgan fingerprint density at radius 1 is 1.21 bits per heavy atom. The van der Waals surface area contributed by atoms with Gasteiger partial charge in [0.2, 0.25) is 5.88 Å². The van der Waals surface area contributed by atoms with Crippen LogP contribution >= 0.6 is 0 Å². The molecule has 0 aliphatic carbocycles. The normalized spacial score (nSPS) is 10.1. The molecule has 1 rings (SSSR count). The second-order valence-corrected chi connectivity index (χ2v) is 3.12. The van der Waals surface area contributed by atoms with Crippen LogP contribution in [0.3, 0.4) is 0 Å². The molecule has 78 valence electrons. The summed E-state index contributed by atoms with van der Waals surface area (Å²) in [4.78, 5) is 4.33. The summed E-state index contributed by atoms with van der Waals surface area (Å²) in [5.41, 5.74) is 1.08. The zero-order valence-electron chi connectivity index (χ0n) is 8.82. The van der Waals surface area contributed by atoms with Crippen LogP contribution in [-0.2, 0) is 11.2 Å². The largest absolute Gasteiger partial charge is 0.481 e. The molecule has 3 heteroatoms. The van der Waals surface area contributed by atoms with Gasteiger partial charge < -0.3 is 9.47 Å². The molecule has 0 radical (unpaired) electrons. The van der Waals surface area contributed by atoms with Crippen LogP contribution in [0, 0.1) is 0 Å². The minimum Gasteiger partial charge on any atom is -0.481 e. The van der Waals surface area contributed by atoms with Crippen LogP contribution in [0.2, 0.25) is 0 Å². The topological polar surface area (TPSA) is 31.4 Å². The Morgan fingerprint density at radius 2 is 2.07 bits per heavy atom. The molecular weight excluding hydrogens is 178 g/mol. The van der Waals surface area contributed by atoms with Crippen LogP contribution in [0.1, 0.15) is 18.5 Å². The first-order chi connectivity index (χ1) is 6.86. The van der Waals surface area contributed by atoms with Gasteiger partial charge in [-0.1, -0.05) is 6.07 Å². The first-order valence-corrected chi connectivity index (χ1v) is 4.85. The van der Waals surface area contributed by atoms with Gasteiger partial charge in [-0.25, -0.2) is 4.98 Å². The Hall–Kier alpha value is -1.09. The molecule has 0 saturated heterocycles. The maximum atomic E-state index is 5.05. The molecule has 0 amide bonds. The number of hydrogen-bond donors (Lipinski definition) is 0. The zero-order chi connectivity index (χ0) is 10.2. The van der Waals surface area contributed by atoms with E-state index in [0.29, 0.717) is 5.88 Å². The molecule has 0 atom stereocenters. The van der Waals surface area contributed by atoms with Crippen molar-refractivity contribution in [2.75, 3.05) is 20.8 Å². The number of hydrogen-bond acceptors (Lipinski definition) is 3. The Kier molecular flexibility index (Phi) is 5.00. The number of methoxy groups -OCH3 is 2. The molecule has 1 aromatic rings. The average molecular weight is 195 g/mol. The lowest BCUT2D eigenvalue weighted by Crippen LogP contribution is -1.95. The number of aromatic nitrogens is 1. The van der Waals surface area contributed by atoms with Crippen LogP contribution in [0.5, 0.6) is 5.88 Å². The molecule has 0 fully saturated rings. The van der Waals surface area contributed by atoms with Crippen molar-refractivity contribution in [3.05, 3.63) is 23.9 Å². The summed E-state index contributed by atoms with van der Waals surface area (Å²) in [7, 11) is 3.36. The van der Waals surface area contributed by atoms with E-state index in [1.165, 1.54) is 0 Å². The van der Waals surface area contributed by atoms with E-state index in [9.17, 15) is 0 Å². The first kappa shape index (κ1) is 11.0. The average Bonchev–Trinajstić information content (AvgIpc) is 2.25. The molecule has 0 aromatic carbocycles. The smallest absolute Gasteiger partial charge is 0.213 e. The van der Waals surface area contributed by atoms with Crippen molar-refractivity contribution < 1.29 is 9.47 Å². The van der Waals surface area contributed by atoms with Crippen molar-refractivity contribution in [1.29, 1.82) is 0 Å². The van der Waals surface area contributed by atoms with Gasteiger partial charge in [-0.2, -0.15) is 0 Å². The van der Waals surface area contributed by atoms with Crippen molar-refractivity contribution in [1.82, 2.24) is 4.98 Å². The van der Waals surface area contributed by atoms with Gasteiger partial charge in [0.25, 0.3) is 0 Å². The highest BCUT2D eigenvalue weighted by atomic mass is 16.5. The Balaban J connectivity index is 2.34. The van der Waals surface area contributed by atoms with E-state index in [4.69, 9.17) is 9.47 Å². The second kappa shape index (κ2) is 6.38. The SMILES string of the molecule is COCCCCc1cccc(OC)n1. The van der Waals surface area contributed by atoms with Crippen LogP contribution < -0.4 is 4.74 Å². The van der Waals surface area contributed by atoms with E-state index < -0.39 is 0 Å². The minimum absolute atomic E-state index is 0.689. The molecule has 0 unspecified atom stereocenters. The van der Waals surface area contributed by atoms with Crippen LogP contribution in [0.25, 0.3) is 0 Å². The van der Waals surface area contributed by atoms with Gasteiger partial charge in [0, 0.05) is 25.5 Å². The van der Waals surface area contributed by atoms with Gasteiger partial charge in [-0.15, -0.1) is 0 Å². The molecule has 1 aromatic heterocycles. The quantitative estimate of drug-likeness (QED) is 0.651. The summed E-state index contributed by atoms with van der Waals surface area (Å²) in [5, 5.41) is 0. The number of nitrogens with zero attached hydrogens (tertiary/aromatic N) is 1. The molecule has 0 bridgehead atoms. The third-order valence-electron chi connectivity index (χ3n) is 2.02. The van der Waals surface area contributed by atoms with Crippen molar-refractivity contribution >= 4 is 0 Å². The highest BCUT2D eigenvalue weighted by molar-refractivity contribution is 5.15. The third kappa shape index (κ3) is 3.75. The fourth-order valence-electron chi connectivity index (χ4n) is 1.26. The molecular formula is C11H17NO2. The van der Waals surface area contributed by atoms with E-state index >= 15 is 0 Å². The Morgan fingerprint density at radius 3 is 2.79 bits per heavy atom. The molecule has 0 N–H and O–H groups in total. The molecule has 14 heavy (non-hydrogen) atoms. The summed E-state index contributed by atoms with van der Waals surface area (Å²) in [5.74, 6) is 0.689. The summed E-state index contributed by atoms with van der Waals surface area (Å²) >= 11 is 0. The van der Waals surface area contributed by atoms with Crippen molar-refractivity contribution in [2.24, 2.45) is 0 Å². The molecule has 0 spiro atoms. The van der Waals surface area contributed by atoms with Crippen molar-refractivity contribution in [3.8, 4) is 5.88 Å². The van der Waals surface area contributed by atoms with E-state index in [1.807, 2.05) is 18.2 Å². The fraction of sp³-hybridized carbons (Fsp3) is 0.545. The third-order valence-corrected chi connectivity index (χ3v) is 2.02. The van der Waals surface area contributed by atoms with Gasteiger partial charge >= 0.3 is 0 Å². The molecule has 0 aliphatic rings. The zero-order valence-corrected chi connectivity index (χ0v) is 8.82. The first-order valence-electron chi connectivity index (χ1n) is 4.85. The summed E-state index contributed by atoms with van der Waals surface area (Å²) < 4.78 is 10.0. The second-order valence-electron chi connectivity index (χ2n) is 3.12. The van der Waals surface area contributed by atoms with Gasteiger partial charge in [-0.3, -0.25) is 0 Å². The van der Waals surface area contributed by atoms with Gasteiger partial charge in [-0.05, 0) is 25.3 Å². The van der Waals surface area contributed by atoms with Gasteiger partial charge in [0.15, 0.2) is 0 Å². The predicted octanol–water partition coefficient (Wildman–Crippen LogP) is 2.06. The highest BCUT2D eigenvalue weighted by Crippen LogP contribution is 2.08. The van der Waals surface area contributed by atoms with Gasteiger partial charge in [0.1, 0.15) is 0 Å². The van der Waals surface area contributed by atoms with Gasteiger partial charge in [0.05, 0.1) is 7.11 Å². The number of ether oxygens (including phenoxy) is 2. The summed E-state index contributed by atoms with van der Waals surface area (Å²) in [6, 6.07) is 5.85. The van der Waals surface area contributed by atoms with E-state index in [0.717, 1.165) is 31.6 Å². The van der Waals surface area contributed by atoms with Crippen molar-refractivity contribution in [2.45, 2.75) is 19.3 Å². The molecule has 0 aliphatic heterocycles. The maximum absolute atomic E-state index is 5.05. The van der Waals surface area contributed by atoms with Crippen LogP contribution in [0.4, 0.5) is 0 Å². The Labute approximate surface area is 85.1 Å². The van der Waals surface area contributed by atoms with E-state index in [2.05, 4.69) is 4.98 Å². The number of unbranched alkanes of at least 4 members (excludes halogenated alkanes) is 1. The molecule has 0 saturated carbocycles. The van der Waals surface area contributed by atoms with Crippen LogP contribution in [0.15, 0.2) is 18.2 Å². The lowest BCUT2D eigenvalue weighted by molar-refractivity contribution is 0.193. The molecule has 1 heterocycles. The predicted molar refractivity (Wildman–Crippen MR) is 55.6 cm³/mol. The number of pyridine rings is 1. The number of aryl methyl sites for hydroxylation is 1. The highest BCUT2D eigenvalue weighted by Gasteiger charge is 1.97. The standard InChI is InChI=1S/C11H17NO2/c1-13-9-4-3-6-10-7-5-8-11(12-10)14-2/h5,7-8H,3-4,6,9H2,1-2H3. The maximum Gasteiger partial charge on any atom is 0.213 e. The minimum atomic E-state index is 0.689. The lowest BCUT2D eigenvalue weighted by Gasteiger charge is -2.02. The Bertz CT molecular complexity index is 263. The monoisotopic (exact) mass is 195 g/mol. The van der Waals surface area contributed by atoms with Crippen molar-refractivity contribution in [3.63, 3.8) is 0 Å². The van der Waals surface area contributed by atoms with E-state index in [1.54, 1.807) is 14.2 Å². The number of rotatable bonds is 6. The van der Waals surface area contributed by atoms with Crippen LogP contribution in [-0.4, -0.2) is 25.8 Å². The summed E-state index contributed by atoms with van der Waals surface area (Å²) in [6.45, 7) is 0.823. The molecule has 3 nitrogen and oxygen atoms in total. The fourth-order valence-corrected chi connectivity index (χ4v) is 1.26. The van der Waals surface area contributed by atoms with E-state index in [-0.39, 0.29) is 0 Å².